The number of carbonyl (C=O) groups is 4. The number of β-lactam (4-membered cyclic amide) rings is 1. The number of hydrogen-bond donors (Lipinski definition) is 1. The molecule has 10 heteroatoms. The first-order valence-corrected chi connectivity index (χ1v) is 12.4. The number of benzene rings is 3. The van der Waals surface area contributed by atoms with Gasteiger partial charge < -0.3 is 29.3 Å². The molecule has 2 saturated heterocycles. The SMILES string of the molecule is COc1ccc(C(=O)N2CC3[C@@H](NC(=O)COc4ccccc4)C(=O)N3C2C(=O)OCc2ccccc2)cc1. The lowest BCUT2D eigenvalue weighted by atomic mass is 9.96. The third kappa shape index (κ3) is 5.40. The molecule has 0 radical (unpaired) electrons. The van der Waals surface area contributed by atoms with Crippen molar-refractivity contribution in [3.05, 3.63) is 96.1 Å². The fraction of sp³-hybridized carbons (Fsp3) is 0.241. The van der Waals surface area contributed by atoms with Crippen LogP contribution < -0.4 is 14.8 Å². The van der Waals surface area contributed by atoms with Crippen molar-refractivity contribution >= 4 is 23.7 Å². The molecule has 0 aliphatic carbocycles. The van der Waals surface area contributed by atoms with E-state index < -0.39 is 41.9 Å². The maximum Gasteiger partial charge on any atom is 0.350 e. The number of nitrogens with zero attached hydrogens (tertiary/aromatic N) is 2. The number of para-hydroxylation sites is 1. The number of hydrogen-bond acceptors (Lipinski definition) is 7. The van der Waals surface area contributed by atoms with Gasteiger partial charge >= 0.3 is 5.97 Å². The van der Waals surface area contributed by atoms with Gasteiger partial charge in [-0.2, -0.15) is 0 Å². The lowest BCUT2D eigenvalue weighted by molar-refractivity contribution is -0.167. The molecule has 0 saturated carbocycles. The van der Waals surface area contributed by atoms with Crippen LogP contribution in [0.4, 0.5) is 0 Å². The third-order valence-electron chi connectivity index (χ3n) is 6.67. The van der Waals surface area contributed by atoms with Crippen LogP contribution in [0.2, 0.25) is 0 Å². The number of fused-ring (bicyclic) bond motifs is 1. The predicted molar refractivity (Wildman–Crippen MR) is 139 cm³/mol. The van der Waals surface area contributed by atoms with Crippen LogP contribution in [0.1, 0.15) is 15.9 Å². The fourth-order valence-corrected chi connectivity index (χ4v) is 4.69. The molecule has 3 atom stereocenters. The highest BCUT2D eigenvalue weighted by Gasteiger charge is 2.61. The highest BCUT2D eigenvalue weighted by molar-refractivity contribution is 6.02. The van der Waals surface area contributed by atoms with Crippen molar-refractivity contribution in [1.82, 2.24) is 15.1 Å². The van der Waals surface area contributed by atoms with Gasteiger partial charge in [-0.15, -0.1) is 0 Å². The molecule has 3 amide bonds. The Bertz CT molecular complexity index is 1350. The average Bonchev–Trinajstić information content (AvgIpc) is 3.35. The summed E-state index contributed by atoms with van der Waals surface area (Å²) in [5, 5.41) is 2.68. The largest absolute Gasteiger partial charge is 0.497 e. The minimum absolute atomic E-state index is 0.00950. The van der Waals surface area contributed by atoms with Gasteiger partial charge in [0.1, 0.15) is 24.1 Å². The van der Waals surface area contributed by atoms with Crippen molar-refractivity contribution in [2.45, 2.75) is 24.9 Å². The predicted octanol–water partition coefficient (Wildman–Crippen LogP) is 2.00. The van der Waals surface area contributed by atoms with Gasteiger partial charge in [0.2, 0.25) is 12.1 Å². The molecule has 2 fully saturated rings. The molecule has 10 nitrogen and oxygen atoms in total. The maximum atomic E-state index is 13.5. The molecule has 5 rings (SSSR count). The Kier molecular flexibility index (Phi) is 7.44. The van der Waals surface area contributed by atoms with Gasteiger partial charge in [-0.3, -0.25) is 14.4 Å². The first-order chi connectivity index (χ1) is 19.0. The van der Waals surface area contributed by atoms with E-state index in [0.717, 1.165) is 5.56 Å². The molecule has 2 unspecified atom stereocenters. The average molecular weight is 530 g/mol. The summed E-state index contributed by atoms with van der Waals surface area (Å²) in [6.45, 7) is -0.242. The van der Waals surface area contributed by atoms with Crippen LogP contribution in [0.5, 0.6) is 11.5 Å². The lowest BCUT2D eigenvalue weighted by Crippen LogP contribution is -2.71. The first kappa shape index (κ1) is 25.8. The van der Waals surface area contributed by atoms with Gasteiger partial charge in [-0.1, -0.05) is 48.5 Å². The van der Waals surface area contributed by atoms with Crippen LogP contribution in [0.3, 0.4) is 0 Å². The molecule has 39 heavy (non-hydrogen) atoms. The number of methoxy groups -OCH3 is 1. The smallest absolute Gasteiger partial charge is 0.350 e. The molecule has 0 aromatic heterocycles. The summed E-state index contributed by atoms with van der Waals surface area (Å²) < 4.78 is 16.1. The Hall–Kier alpha value is -4.86. The highest BCUT2D eigenvalue weighted by Crippen LogP contribution is 2.34. The van der Waals surface area contributed by atoms with Crippen molar-refractivity contribution in [3.63, 3.8) is 0 Å². The standard InChI is InChI=1S/C29H27N3O7/c1-37-21-14-12-20(13-15-21)27(34)31-16-23-25(30-24(33)18-38-22-10-6-3-7-11-22)28(35)32(23)26(31)29(36)39-17-19-8-4-2-5-9-19/h2-15,23,25-26H,16-18H2,1H3,(H,30,33)/t23?,25-,26?/m1/s1. The summed E-state index contributed by atoms with van der Waals surface area (Å²) in [5.41, 5.74) is 1.09. The number of carbonyl (C=O) groups excluding carboxylic acids is 4. The van der Waals surface area contributed by atoms with Crippen LogP contribution >= 0.6 is 0 Å². The molecule has 2 aliphatic heterocycles. The summed E-state index contributed by atoms with van der Waals surface area (Å²) in [6, 6.07) is 22.9. The Balaban J connectivity index is 1.30. The molecule has 3 aromatic carbocycles. The molecule has 3 aromatic rings. The summed E-state index contributed by atoms with van der Waals surface area (Å²) >= 11 is 0. The van der Waals surface area contributed by atoms with Gasteiger partial charge in [0.15, 0.2) is 6.61 Å². The van der Waals surface area contributed by atoms with E-state index in [4.69, 9.17) is 14.2 Å². The normalized spacial score (nSPS) is 19.5. The summed E-state index contributed by atoms with van der Waals surface area (Å²) in [5.74, 6) is -1.04. The lowest BCUT2D eigenvalue weighted by Gasteiger charge is -2.43. The second-order valence-corrected chi connectivity index (χ2v) is 9.11. The van der Waals surface area contributed by atoms with Crippen LogP contribution in [-0.4, -0.2) is 72.0 Å². The first-order valence-electron chi connectivity index (χ1n) is 12.4. The Morgan fingerprint density at radius 2 is 1.56 bits per heavy atom. The highest BCUT2D eigenvalue weighted by atomic mass is 16.5. The molecule has 200 valence electrons. The second kappa shape index (κ2) is 11.3. The Labute approximate surface area is 225 Å². The Morgan fingerprint density at radius 1 is 0.897 bits per heavy atom. The van der Waals surface area contributed by atoms with Crippen molar-refractivity contribution in [3.8, 4) is 11.5 Å². The van der Waals surface area contributed by atoms with Gasteiger partial charge in [-0.05, 0) is 42.0 Å². The minimum atomic E-state index is -1.26. The van der Waals surface area contributed by atoms with Crippen molar-refractivity contribution in [2.24, 2.45) is 0 Å². The fourth-order valence-electron chi connectivity index (χ4n) is 4.69. The quantitative estimate of drug-likeness (QED) is 0.333. The van der Waals surface area contributed by atoms with Gasteiger partial charge in [0.05, 0.1) is 13.2 Å². The summed E-state index contributed by atoms with van der Waals surface area (Å²) in [6.07, 6.45) is -1.26. The van der Waals surface area contributed by atoms with Crippen LogP contribution in [0.25, 0.3) is 0 Å². The second-order valence-electron chi connectivity index (χ2n) is 9.11. The monoisotopic (exact) mass is 529 g/mol. The van der Waals surface area contributed by atoms with E-state index in [9.17, 15) is 19.2 Å². The molecule has 0 bridgehead atoms. The molecule has 2 aliphatic rings. The number of esters is 1. The summed E-state index contributed by atoms with van der Waals surface area (Å²) in [4.78, 5) is 55.0. The van der Waals surface area contributed by atoms with E-state index in [0.29, 0.717) is 17.1 Å². The molecule has 0 spiro atoms. The summed E-state index contributed by atoms with van der Waals surface area (Å²) in [7, 11) is 1.52. The molecular weight excluding hydrogens is 502 g/mol. The van der Waals surface area contributed by atoms with Crippen molar-refractivity contribution < 1.29 is 33.4 Å². The number of rotatable bonds is 9. The zero-order chi connectivity index (χ0) is 27.4. The van der Waals surface area contributed by atoms with Crippen molar-refractivity contribution in [2.75, 3.05) is 20.3 Å². The number of amides is 3. The van der Waals surface area contributed by atoms with E-state index in [2.05, 4.69) is 5.32 Å². The van der Waals surface area contributed by atoms with Gasteiger partial charge in [0, 0.05) is 12.1 Å². The van der Waals surface area contributed by atoms with Crippen LogP contribution in [-0.2, 0) is 25.7 Å². The van der Waals surface area contributed by atoms with Gasteiger partial charge in [-0.25, -0.2) is 4.79 Å². The number of nitrogens with one attached hydrogen (secondary N) is 1. The third-order valence-corrected chi connectivity index (χ3v) is 6.67. The zero-order valence-electron chi connectivity index (χ0n) is 21.2. The topological polar surface area (TPSA) is 114 Å². The van der Waals surface area contributed by atoms with Crippen molar-refractivity contribution in [1.29, 1.82) is 0 Å². The van der Waals surface area contributed by atoms with Crippen LogP contribution in [0.15, 0.2) is 84.9 Å². The maximum absolute atomic E-state index is 13.5. The number of ether oxygens (including phenoxy) is 3. The Morgan fingerprint density at radius 3 is 2.23 bits per heavy atom. The minimum Gasteiger partial charge on any atom is -0.497 e. The molecule has 2 heterocycles. The van der Waals surface area contributed by atoms with E-state index in [1.165, 1.54) is 16.9 Å². The van der Waals surface area contributed by atoms with Gasteiger partial charge in [0.25, 0.3) is 11.8 Å². The van der Waals surface area contributed by atoms with E-state index in [-0.39, 0.29) is 19.8 Å². The van der Waals surface area contributed by atoms with Crippen LogP contribution in [0, 0.1) is 0 Å². The van der Waals surface area contributed by atoms with E-state index in [1.54, 1.807) is 48.5 Å². The molecule has 1 N–H and O–H groups in total. The van der Waals surface area contributed by atoms with E-state index in [1.807, 2.05) is 36.4 Å². The molecular formula is C29H27N3O7. The van der Waals surface area contributed by atoms with E-state index >= 15 is 0 Å². The zero-order valence-corrected chi connectivity index (χ0v) is 21.2.